The SMILES string of the molecule is CCc1ccc(C(C)NC(=O)[C@@H](N)Cc2cn(Cc3ccccc3)cn2)cc1. The summed E-state index contributed by atoms with van der Waals surface area (Å²) >= 11 is 0. The van der Waals surface area contributed by atoms with Gasteiger partial charge in [-0.15, -0.1) is 0 Å². The van der Waals surface area contributed by atoms with Crippen molar-refractivity contribution in [3.8, 4) is 0 Å². The molecule has 0 fully saturated rings. The standard InChI is InChI=1S/C23H28N4O/c1-3-18-9-11-20(12-10-18)17(2)26-23(28)22(24)13-21-15-27(16-25-21)14-19-7-5-4-6-8-19/h4-12,15-17,22H,3,13-14,24H2,1-2H3,(H,26,28)/t17?,22-/m0/s1. The average Bonchev–Trinajstić information content (AvgIpc) is 3.15. The van der Waals surface area contributed by atoms with Crippen LogP contribution in [0, 0.1) is 0 Å². The van der Waals surface area contributed by atoms with Gasteiger partial charge >= 0.3 is 0 Å². The Labute approximate surface area is 166 Å². The van der Waals surface area contributed by atoms with Crippen LogP contribution < -0.4 is 11.1 Å². The summed E-state index contributed by atoms with van der Waals surface area (Å²) in [5.74, 6) is -0.162. The molecule has 2 aromatic carbocycles. The largest absolute Gasteiger partial charge is 0.348 e. The molecule has 0 bridgehead atoms. The fourth-order valence-corrected chi connectivity index (χ4v) is 3.16. The molecule has 0 radical (unpaired) electrons. The lowest BCUT2D eigenvalue weighted by molar-refractivity contribution is -0.123. The summed E-state index contributed by atoms with van der Waals surface area (Å²) in [6, 6.07) is 17.8. The Morgan fingerprint density at radius 1 is 1.11 bits per heavy atom. The Balaban J connectivity index is 1.53. The van der Waals surface area contributed by atoms with Gasteiger partial charge in [0.2, 0.25) is 5.91 Å². The van der Waals surface area contributed by atoms with Crippen molar-refractivity contribution < 1.29 is 4.79 Å². The minimum atomic E-state index is -0.627. The zero-order chi connectivity index (χ0) is 19.9. The molecule has 0 aliphatic carbocycles. The number of aryl methyl sites for hydroxylation is 1. The molecule has 3 aromatic rings. The van der Waals surface area contributed by atoms with Crippen molar-refractivity contribution in [2.24, 2.45) is 5.73 Å². The van der Waals surface area contributed by atoms with Crippen molar-refractivity contribution >= 4 is 5.91 Å². The molecule has 0 saturated carbocycles. The van der Waals surface area contributed by atoms with Gasteiger partial charge in [0.1, 0.15) is 0 Å². The van der Waals surface area contributed by atoms with Gasteiger partial charge in [0, 0.05) is 19.2 Å². The van der Waals surface area contributed by atoms with E-state index >= 15 is 0 Å². The van der Waals surface area contributed by atoms with Crippen LogP contribution in [-0.4, -0.2) is 21.5 Å². The highest BCUT2D eigenvalue weighted by Gasteiger charge is 2.18. The molecule has 0 saturated heterocycles. The van der Waals surface area contributed by atoms with Crippen LogP contribution in [0.1, 0.15) is 42.3 Å². The number of nitrogens with zero attached hydrogens (tertiary/aromatic N) is 2. The lowest BCUT2D eigenvalue weighted by Crippen LogP contribution is -2.43. The van der Waals surface area contributed by atoms with Gasteiger partial charge in [0.25, 0.3) is 0 Å². The summed E-state index contributed by atoms with van der Waals surface area (Å²) in [4.78, 5) is 16.9. The number of nitrogens with two attached hydrogens (primary N) is 1. The number of benzene rings is 2. The molecule has 146 valence electrons. The Kier molecular flexibility index (Phi) is 6.61. The molecular weight excluding hydrogens is 348 g/mol. The predicted molar refractivity (Wildman–Crippen MR) is 112 cm³/mol. The molecule has 1 aromatic heterocycles. The first-order valence-corrected chi connectivity index (χ1v) is 9.74. The fraction of sp³-hybridized carbons (Fsp3) is 0.304. The first-order chi connectivity index (χ1) is 13.5. The molecular formula is C23H28N4O. The van der Waals surface area contributed by atoms with E-state index in [2.05, 4.69) is 53.6 Å². The van der Waals surface area contributed by atoms with E-state index in [0.29, 0.717) is 6.42 Å². The summed E-state index contributed by atoms with van der Waals surface area (Å²) in [6.07, 6.45) is 5.15. The van der Waals surface area contributed by atoms with Gasteiger partial charge in [-0.1, -0.05) is 61.5 Å². The second-order valence-electron chi connectivity index (χ2n) is 7.16. The second kappa shape index (κ2) is 9.33. The Hall–Kier alpha value is -2.92. The normalized spacial score (nSPS) is 13.1. The molecule has 2 atom stereocenters. The van der Waals surface area contributed by atoms with E-state index < -0.39 is 6.04 Å². The van der Waals surface area contributed by atoms with E-state index in [9.17, 15) is 4.79 Å². The van der Waals surface area contributed by atoms with Crippen molar-refractivity contribution in [2.45, 2.75) is 45.3 Å². The topological polar surface area (TPSA) is 72.9 Å². The van der Waals surface area contributed by atoms with Crippen molar-refractivity contribution in [1.82, 2.24) is 14.9 Å². The lowest BCUT2D eigenvalue weighted by atomic mass is 10.0. The Morgan fingerprint density at radius 2 is 1.82 bits per heavy atom. The highest BCUT2D eigenvalue weighted by molar-refractivity contribution is 5.82. The summed E-state index contributed by atoms with van der Waals surface area (Å²) < 4.78 is 2.01. The molecule has 0 spiro atoms. The summed E-state index contributed by atoms with van der Waals surface area (Å²) in [5.41, 5.74) is 10.5. The smallest absolute Gasteiger partial charge is 0.237 e. The fourth-order valence-electron chi connectivity index (χ4n) is 3.16. The molecule has 5 heteroatoms. The summed E-state index contributed by atoms with van der Waals surface area (Å²) in [5, 5.41) is 3.00. The van der Waals surface area contributed by atoms with Crippen LogP contribution in [0.25, 0.3) is 0 Å². The van der Waals surface area contributed by atoms with Crippen LogP contribution in [0.15, 0.2) is 67.1 Å². The van der Waals surface area contributed by atoms with E-state index in [-0.39, 0.29) is 11.9 Å². The predicted octanol–water partition coefficient (Wildman–Crippen LogP) is 3.24. The third kappa shape index (κ3) is 5.30. The minimum Gasteiger partial charge on any atom is -0.348 e. The Morgan fingerprint density at radius 3 is 2.50 bits per heavy atom. The maximum absolute atomic E-state index is 12.5. The molecule has 28 heavy (non-hydrogen) atoms. The number of aromatic nitrogens is 2. The molecule has 1 amide bonds. The maximum Gasteiger partial charge on any atom is 0.237 e. The van der Waals surface area contributed by atoms with Crippen LogP contribution in [0.2, 0.25) is 0 Å². The molecule has 5 nitrogen and oxygen atoms in total. The average molecular weight is 377 g/mol. The number of rotatable bonds is 8. The van der Waals surface area contributed by atoms with Gasteiger partial charge in [-0.05, 0) is 30.0 Å². The molecule has 0 aliphatic rings. The van der Waals surface area contributed by atoms with Crippen molar-refractivity contribution in [3.63, 3.8) is 0 Å². The van der Waals surface area contributed by atoms with Crippen molar-refractivity contribution in [1.29, 1.82) is 0 Å². The number of carbonyl (C=O) groups is 1. The summed E-state index contributed by atoms with van der Waals surface area (Å²) in [6.45, 7) is 4.85. The molecule has 0 aliphatic heterocycles. The third-order valence-electron chi connectivity index (χ3n) is 4.91. The maximum atomic E-state index is 12.5. The lowest BCUT2D eigenvalue weighted by Gasteiger charge is -2.18. The van der Waals surface area contributed by atoms with Crippen LogP contribution in [-0.2, 0) is 24.2 Å². The van der Waals surface area contributed by atoms with E-state index in [1.165, 1.54) is 11.1 Å². The number of carbonyl (C=O) groups excluding carboxylic acids is 1. The highest BCUT2D eigenvalue weighted by atomic mass is 16.2. The van der Waals surface area contributed by atoms with Gasteiger partial charge in [0.05, 0.1) is 24.1 Å². The van der Waals surface area contributed by atoms with E-state index in [1.54, 1.807) is 6.33 Å². The number of hydrogen-bond donors (Lipinski definition) is 2. The number of imidazole rings is 1. The van der Waals surface area contributed by atoms with Crippen LogP contribution in [0.5, 0.6) is 0 Å². The van der Waals surface area contributed by atoms with Gasteiger partial charge in [-0.3, -0.25) is 4.79 Å². The van der Waals surface area contributed by atoms with Crippen LogP contribution in [0.3, 0.4) is 0 Å². The van der Waals surface area contributed by atoms with Gasteiger partial charge < -0.3 is 15.6 Å². The van der Waals surface area contributed by atoms with Crippen molar-refractivity contribution in [3.05, 3.63) is 89.5 Å². The molecule has 1 unspecified atom stereocenters. The van der Waals surface area contributed by atoms with E-state index in [4.69, 9.17) is 5.73 Å². The van der Waals surface area contributed by atoms with E-state index in [0.717, 1.165) is 24.2 Å². The molecule has 1 heterocycles. The number of amides is 1. The molecule has 3 rings (SSSR count). The quantitative estimate of drug-likeness (QED) is 0.634. The first-order valence-electron chi connectivity index (χ1n) is 9.74. The molecule has 3 N–H and O–H groups in total. The highest BCUT2D eigenvalue weighted by Crippen LogP contribution is 2.14. The van der Waals surface area contributed by atoms with Gasteiger partial charge in [-0.2, -0.15) is 0 Å². The van der Waals surface area contributed by atoms with Crippen LogP contribution >= 0.6 is 0 Å². The number of hydrogen-bond acceptors (Lipinski definition) is 3. The van der Waals surface area contributed by atoms with E-state index in [1.807, 2.05) is 35.9 Å². The first kappa shape index (κ1) is 19.8. The third-order valence-corrected chi connectivity index (χ3v) is 4.91. The summed E-state index contributed by atoms with van der Waals surface area (Å²) in [7, 11) is 0. The minimum absolute atomic E-state index is 0.0832. The van der Waals surface area contributed by atoms with Crippen LogP contribution in [0.4, 0.5) is 0 Å². The van der Waals surface area contributed by atoms with Gasteiger partial charge in [-0.25, -0.2) is 4.98 Å². The second-order valence-corrected chi connectivity index (χ2v) is 7.16. The zero-order valence-electron chi connectivity index (χ0n) is 16.5. The zero-order valence-corrected chi connectivity index (χ0v) is 16.5. The van der Waals surface area contributed by atoms with Crippen molar-refractivity contribution in [2.75, 3.05) is 0 Å². The number of nitrogens with one attached hydrogen (secondary N) is 1. The Bertz CT molecular complexity index is 886. The monoisotopic (exact) mass is 376 g/mol. The van der Waals surface area contributed by atoms with Gasteiger partial charge in [0.15, 0.2) is 0 Å².